The topological polar surface area (TPSA) is 47.7 Å². The van der Waals surface area contributed by atoms with Crippen LogP contribution in [0, 0.1) is 5.41 Å². The van der Waals surface area contributed by atoms with Gasteiger partial charge in [0.05, 0.1) is 13.2 Å². The van der Waals surface area contributed by atoms with Crippen molar-refractivity contribution >= 4 is 0 Å². The Morgan fingerprint density at radius 3 is 1.68 bits per heavy atom. The molecule has 0 aliphatic rings. The van der Waals surface area contributed by atoms with Crippen LogP contribution in [0.1, 0.15) is 40.5 Å². The van der Waals surface area contributed by atoms with Crippen LogP contribution < -0.4 is 5.73 Å². The average molecular weight is 274 g/mol. The summed E-state index contributed by atoms with van der Waals surface area (Å²) in [6, 6.07) is 0. The number of nitrogens with zero attached hydrogens (tertiary/aromatic N) is 1. The van der Waals surface area contributed by atoms with Crippen molar-refractivity contribution in [1.29, 1.82) is 0 Å². The Balaban J connectivity index is 4.35. The second kappa shape index (κ2) is 11.6. The molecule has 4 heteroatoms. The van der Waals surface area contributed by atoms with E-state index in [1.54, 1.807) is 0 Å². The van der Waals surface area contributed by atoms with Crippen molar-refractivity contribution in [3.05, 3.63) is 0 Å². The number of rotatable bonds is 13. The zero-order valence-electron chi connectivity index (χ0n) is 13.4. The second-order valence-corrected chi connectivity index (χ2v) is 5.08. The first-order chi connectivity index (χ1) is 9.17. The molecular formula is C15H34N2O2. The van der Waals surface area contributed by atoms with Crippen LogP contribution in [0.4, 0.5) is 0 Å². The molecule has 0 saturated heterocycles. The van der Waals surface area contributed by atoms with Gasteiger partial charge in [-0.1, -0.05) is 13.8 Å². The maximum Gasteiger partial charge on any atom is 0.0593 e. The number of nitrogens with two attached hydrogens (primary N) is 1. The van der Waals surface area contributed by atoms with Crippen molar-refractivity contribution in [2.75, 3.05) is 52.6 Å². The first-order valence-corrected chi connectivity index (χ1v) is 7.75. The fourth-order valence-corrected chi connectivity index (χ4v) is 2.25. The van der Waals surface area contributed by atoms with Crippen LogP contribution in [0.25, 0.3) is 0 Å². The highest BCUT2D eigenvalue weighted by Gasteiger charge is 2.27. The zero-order valence-corrected chi connectivity index (χ0v) is 13.4. The van der Waals surface area contributed by atoms with Gasteiger partial charge in [0.15, 0.2) is 0 Å². The molecule has 0 aliphatic carbocycles. The molecule has 0 aromatic heterocycles. The Labute approximate surface area is 119 Å². The van der Waals surface area contributed by atoms with Crippen LogP contribution in [0.15, 0.2) is 0 Å². The largest absolute Gasteiger partial charge is 0.380 e. The third-order valence-electron chi connectivity index (χ3n) is 4.00. The van der Waals surface area contributed by atoms with Crippen LogP contribution in [0.3, 0.4) is 0 Å². The maximum absolute atomic E-state index is 6.00. The highest BCUT2D eigenvalue weighted by molar-refractivity contribution is 4.81. The molecule has 19 heavy (non-hydrogen) atoms. The Kier molecular flexibility index (Phi) is 11.6. The van der Waals surface area contributed by atoms with E-state index >= 15 is 0 Å². The Hall–Kier alpha value is -0.160. The lowest BCUT2D eigenvalue weighted by Gasteiger charge is -2.36. The predicted octanol–water partition coefficient (Wildman–Crippen LogP) is 2.13. The third-order valence-corrected chi connectivity index (χ3v) is 4.00. The van der Waals surface area contributed by atoms with Gasteiger partial charge in [-0.05, 0) is 38.6 Å². The molecule has 0 spiro atoms. The zero-order chi connectivity index (χ0) is 14.6. The fourth-order valence-electron chi connectivity index (χ4n) is 2.25. The summed E-state index contributed by atoms with van der Waals surface area (Å²) in [6.07, 6.45) is 2.25. The summed E-state index contributed by atoms with van der Waals surface area (Å²) in [7, 11) is 0. The van der Waals surface area contributed by atoms with Gasteiger partial charge < -0.3 is 15.2 Å². The molecule has 0 aliphatic heterocycles. The molecule has 0 rings (SSSR count). The van der Waals surface area contributed by atoms with Gasteiger partial charge in [-0.25, -0.2) is 0 Å². The number of hydrogen-bond acceptors (Lipinski definition) is 4. The Morgan fingerprint density at radius 1 is 0.895 bits per heavy atom. The smallest absolute Gasteiger partial charge is 0.0593 e. The van der Waals surface area contributed by atoms with Crippen molar-refractivity contribution in [2.24, 2.45) is 11.1 Å². The van der Waals surface area contributed by atoms with Gasteiger partial charge in [0.1, 0.15) is 0 Å². The van der Waals surface area contributed by atoms with Gasteiger partial charge in [0.25, 0.3) is 0 Å². The average Bonchev–Trinajstić information content (AvgIpc) is 2.45. The van der Waals surface area contributed by atoms with E-state index in [4.69, 9.17) is 15.2 Å². The van der Waals surface area contributed by atoms with Crippen LogP contribution in [-0.2, 0) is 9.47 Å². The maximum atomic E-state index is 6.00. The van der Waals surface area contributed by atoms with E-state index in [0.717, 1.165) is 65.4 Å². The lowest BCUT2D eigenvalue weighted by Crippen LogP contribution is -2.44. The van der Waals surface area contributed by atoms with Gasteiger partial charge in [-0.2, -0.15) is 0 Å². The molecular weight excluding hydrogens is 240 g/mol. The summed E-state index contributed by atoms with van der Waals surface area (Å²) < 4.78 is 10.9. The molecule has 0 aromatic carbocycles. The second-order valence-electron chi connectivity index (χ2n) is 5.08. The standard InChI is InChI=1S/C15H34N2O2/c1-5-15(6-2,13-16)14-17(9-11-18-7-3)10-12-19-8-4/h5-14,16H2,1-4H3. The predicted molar refractivity (Wildman–Crippen MR) is 81.5 cm³/mol. The molecule has 0 aromatic rings. The number of hydrogen-bond donors (Lipinski definition) is 1. The minimum absolute atomic E-state index is 0.235. The summed E-state index contributed by atoms with van der Waals surface area (Å²) in [6.45, 7) is 15.4. The molecule has 0 atom stereocenters. The molecule has 0 unspecified atom stereocenters. The quantitative estimate of drug-likeness (QED) is 0.523. The van der Waals surface area contributed by atoms with Gasteiger partial charge in [-0.15, -0.1) is 0 Å². The SMILES string of the molecule is CCOCCN(CCOCC)CC(CC)(CC)CN. The monoisotopic (exact) mass is 274 g/mol. The number of ether oxygens (including phenoxy) is 2. The summed E-state index contributed by atoms with van der Waals surface area (Å²) in [5.74, 6) is 0. The molecule has 2 N–H and O–H groups in total. The van der Waals surface area contributed by atoms with Crippen LogP contribution in [0.2, 0.25) is 0 Å². The van der Waals surface area contributed by atoms with E-state index in [1.807, 2.05) is 13.8 Å². The first kappa shape index (κ1) is 18.8. The minimum Gasteiger partial charge on any atom is -0.380 e. The van der Waals surface area contributed by atoms with Gasteiger partial charge in [0.2, 0.25) is 0 Å². The first-order valence-electron chi connectivity index (χ1n) is 7.75. The minimum atomic E-state index is 0.235. The normalized spacial score (nSPS) is 12.3. The van der Waals surface area contributed by atoms with Crippen LogP contribution in [-0.4, -0.2) is 57.5 Å². The summed E-state index contributed by atoms with van der Waals surface area (Å²) in [4.78, 5) is 2.44. The van der Waals surface area contributed by atoms with Gasteiger partial charge in [-0.3, -0.25) is 4.90 Å². The van der Waals surface area contributed by atoms with E-state index in [1.165, 1.54) is 0 Å². The fraction of sp³-hybridized carbons (Fsp3) is 1.00. The van der Waals surface area contributed by atoms with E-state index in [-0.39, 0.29) is 5.41 Å². The summed E-state index contributed by atoms with van der Waals surface area (Å²) in [5, 5.41) is 0. The lowest BCUT2D eigenvalue weighted by molar-refractivity contribution is 0.0574. The van der Waals surface area contributed by atoms with Gasteiger partial charge >= 0.3 is 0 Å². The van der Waals surface area contributed by atoms with Crippen molar-refractivity contribution in [2.45, 2.75) is 40.5 Å². The molecule has 0 saturated carbocycles. The van der Waals surface area contributed by atoms with Crippen molar-refractivity contribution in [3.63, 3.8) is 0 Å². The molecule has 116 valence electrons. The Bertz CT molecular complexity index is 178. The van der Waals surface area contributed by atoms with E-state index in [9.17, 15) is 0 Å². The third kappa shape index (κ3) is 7.88. The Morgan fingerprint density at radius 2 is 1.37 bits per heavy atom. The van der Waals surface area contributed by atoms with Crippen molar-refractivity contribution in [3.8, 4) is 0 Å². The van der Waals surface area contributed by atoms with Gasteiger partial charge in [0, 0.05) is 32.8 Å². The summed E-state index contributed by atoms with van der Waals surface area (Å²) in [5.41, 5.74) is 6.23. The molecule has 0 heterocycles. The lowest BCUT2D eigenvalue weighted by atomic mass is 9.82. The van der Waals surface area contributed by atoms with E-state index in [0.29, 0.717) is 0 Å². The molecule has 0 fully saturated rings. The summed E-state index contributed by atoms with van der Waals surface area (Å²) >= 11 is 0. The molecule has 4 nitrogen and oxygen atoms in total. The highest BCUT2D eigenvalue weighted by Crippen LogP contribution is 2.26. The van der Waals surface area contributed by atoms with Crippen molar-refractivity contribution < 1.29 is 9.47 Å². The van der Waals surface area contributed by atoms with Crippen molar-refractivity contribution in [1.82, 2.24) is 4.90 Å². The van der Waals surface area contributed by atoms with Crippen LogP contribution in [0.5, 0.6) is 0 Å². The van der Waals surface area contributed by atoms with E-state index < -0.39 is 0 Å². The molecule has 0 radical (unpaired) electrons. The molecule has 0 bridgehead atoms. The van der Waals surface area contributed by atoms with Crippen LogP contribution >= 0.6 is 0 Å². The van der Waals surface area contributed by atoms with E-state index in [2.05, 4.69) is 18.7 Å². The molecule has 0 amide bonds. The highest BCUT2D eigenvalue weighted by atomic mass is 16.5.